The molecule has 2 aromatic heterocycles. The van der Waals surface area contributed by atoms with E-state index >= 15 is 0 Å². The van der Waals surface area contributed by atoms with E-state index in [-0.39, 0.29) is 11.6 Å². The summed E-state index contributed by atoms with van der Waals surface area (Å²) in [5.74, 6) is -0.185. The Hall–Kier alpha value is -3.75. The molecule has 2 heterocycles. The molecule has 0 atom stereocenters. The van der Waals surface area contributed by atoms with Crippen LogP contribution in [0.5, 0.6) is 5.75 Å². The second kappa shape index (κ2) is 7.58. The fraction of sp³-hybridized carbons (Fsp3) is 0.0952. The molecular formula is C21H14F4N4O. The standard InChI is InChI=1S/C21H14F4N4O/c1-12-9-14(4-6-17(12)22)27-20-16-10-15(30-21(23,24)25)5-7-18(16)28-19(29-20)13-3-2-8-26-11-13/h2-11H,1H3,(H,27,28,29). The fourth-order valence-electron chi connectivity index (χ4n) is 2.88. The van der Waals surface area contributed by atoms with Crippen molar-refractivity contribution >= 4 is 22.4 Å². The Bertz CT molecular complexity index is 1210. The minimum Gasteiger partial charge on any atom is -0.406 e. The Kier molecular flexibility index (Phi) is 4.94. The van der Waals surface area contributed by atoms with Crippen LogP contribution >= 0.6 is 0 Å². The predicted octanol–water partition coefficient (Wildman–Crippen LogP) is 5.78. The Morgan fingerprint density at radius 2 is 1.83 bits per heavy atom. The van der Waals surface area contributed by atoms with Gasteiger partial charge in [0.25, 0.3) is 0 Å². The summed E-state index contributed by atoms with van der Waals surface area (Å²) in [5.41, 5.74) is 1.97. The van der Waals surface area contributed by atoms with Crippen LogP contribution in [-0.2, 0) is 0 Å². The monoisotopic (exact) mass is 414 g/mol. The lowest BCUT2D eigenvalue weighted by atomic mass is 10.1. The first-order valence-electron chi connectivity index (χ1n) is 8.80. The van der Waals surface area contributed by atoms with Crippen LogP contribution in [0.25, 0.3) is 22.3 Å². The maximum atomic E-state index is 13.6. The molecule has 0 fully saturated rings. The molecule has 4 rings (SSSR count). The third kappa shape index (κ3) is 4.29. The first-order chi connectivity index (χ1) is 14.3. The Morgan fingerprint density at radius 3 is 2.53 bits per heavy atom. The van der Waals surface area contributed by atoms with Crippen molar-refractivity contribution in [2.45, 2.75) is 13.3 Å². The molecule has 0 saturated carbocycles. The molecule has 9 heteroatoms. The highest BCUT2D eigenvalue weighted by molar-refractivity contribution is 5.93. The molecule has 30 heavy (non-hydrogen) atoms. The molecule has 1 N–H and O–H groups in total. The van der Waals surface area contributed by atoms with Crippen LogP contribution in [0.15, 0.2) is 60.9 Å². The molecule has 0 aliphatic heterocycles. The van der Waals surface area contributed by atoms with Crippen molar-refractivity contribution in [3.8, 4) is 17.1 Å². The van der Waals surface area contributed by atoms with Crippen molar-refractivity contribution < 1.29 is 22.3 Å². The van der Waals surface area contributed by atoms with Crippen molar-refractivity contribution in [2.24, 2.45) is 0 Å². The number of alkyl halides is 3. The number of anilines is 2. The van der Waals surface area contributed by atoms with Crippen LogP contribution in [0.3, 0.4) is 0 Å². The topological polar surface area (TPSA) is 59.9 Å². The number of nitrogens with zero attached hydrogens (tertiary/aromatic N) is 3. The van der Waals surface area contributed by atoms with Gasteiger partial charge in [0.1, 0.15) is 17.4 Å². The van der Waals surface area contributed by atoms with E-state index in [1.54, 1.807) is 37.5 Å². The molecule has 4 aromatic rings. The Labute approximate surface area is 168 Å². The molecule has 0 saturated heterocycles. The zero-order chi connectivity index (χ0) is 21.3. The normalized spacial score (nSPS) is 11.5. The van der Waals surface area contributed by atoms with Gasteiger partial charge in [-0.3, -0.25) is 4.98 Å². The molecule has 0 radical (unpaired) electrons. The van der Waals surface area contributed by atoms with Gasteiger partial charge in [0.05, 0.1) is 5.52 Å². The summed E-state index contributed by atoms with van der Waals surface area (Å²) in [4.78, 5) is 12.9. The van der Waals surface area contributed by atoms with E-state index in [9.17, 15) is 17.6 Å². The summed E-state index contributed by atoms with van der Waals surface area (Å²) < 4.78 is 55.6. The zero-order valence-electron chi connectivity index (χ0n) is 15.5. The maximum Gasteiger partial charge on any atom is 0.573 e. The van der Waals surface area contributed by atoms with Gasteiger partial charge in [-0.2, -0.15) is 0 Å². The molecule has 0 aliphatic rings. The summed E-state index contributed by atoms with van der Waals surface area (Å²) in [6.45, 7) is 1.61. The van der Waals surface area contributed by atoms with E-state index in [1.807, 2.05) is 0 Å². The first kappa shape index (κ1) is 19.6. The van der Waals surface area contributed by atoms with Crippen molar-refractivity contribution in [1.29, 1.82) is 0 Å². The van der Waals surface area contributed by atoms with Gasteiger partial charge in [-0.15, -0.1) is 13.2 Å². The van der Waals surface area contributed by atoms with E-state index < -0.39 is 12.1 Å². The summed E-state index contributed by atoms with van der Waals surface area (Å²) in [6.07, 6.45) is -1.65. The maximum absolute atomic E-state index is 13.6. The van der Waals surface area contributed by atoms with Crippen LogP contribution in [0, 0.1) is 12.7 Å². The number of benzene rings is 2. The van der Waals surface area contributed by atoms with Gasteiger partial charge in [0.15, 0.2) is 5.82 Å². The van der Waals surface area contributed by atoms with Gasteiger partial charge < -0.3 is 10.1 Å². The molecule has 2 aromatic carbocycles. The van der Waals surface area contributed by atoms with Gasteiger partial charge in [-0.25, -0.2) is 14.4 Å². The number of hydrogen-bond donors (Lipinski definition) is 1. The average Bonchev–Trinajstić information content (AvgIpc) is 2.70. The summed E-state index contributed by atoms with van der Waals surface area (Å²) >= 11 is 0. The third-order valence-electron chi connectivity index (χ3n) is 4.24. The number of nitrogens with one attached hydrogen (secondary N) is 1. The molecule has 152 valence electrons. The van der Waals surface area contributed by atoms with Crippen LogP contribution in [-0.4, -0.2) is 21.3 Å². The van der Waals surface area contributed by atoms with Gasteiger partial charge in [-0.05, 0) is 61.0 Å². The number of halogens is 4. The molecular weight excluding hydrogens is 400 g/mol. The van der Waals surface area contributed by atoms with Crippen LogP contribution in [0.4, 0.5) is 29.1 Å². The predicted molar refractivity (Wildman–Crippen MR) is 104 cm³/mol. The number of aryl methyl sites for hydroxylation is 1. The molecule has 5 nitrogen and oxygen atoms in total. The van der Waals surface area contributed by atoms with E-state index in [2.05, 4.69) is 25.0 Å². The van der Waals surface area contributed by atoms with Gasteiger partial charge >= 0.3 is 6.36 Å². The van der Waals surface area contributed by atoms with Crippen LogP contribution in [0.1, 0.15) is 5.56 Å². The number of rotatable bonds is 4. The van der Waals surface area contributed by atoms with Gasteiger partial charge in [0, 0.05) is 29.0 Å². The van der Waals surface area contributed by atoms with Crippen LogP contribution in [0.2, 0.25) is 0 Å². The summed E-state index contributed by atoms with van der Waals surface area (Å²) in [6, 6.07) is 11.7. The molecule has 0 bridgehead atoms. The van der Waals surface area contributed by atoms with Gasteiger partial charge in [-0.1, -0.05) is 0 Å². The minimum absolute atomic E-state index is 0.248. The van der Waals surface area contributed by atoms with Crippen molar-refractivity contribution in [1.82, 2.24) is 15.0 Å². The van der Waals surface area contributed by atoms with Crippen molar-refractivity contribution in [2.75, 3.05) is 5.32 Å². The van der Waals surface area contributed by atoms with E-state index in [0.717, 1.165) is 0 Å². The lowest BCUT2D eigenvalue weighted by molar-refractivity contribution is -0.274. The second-order valence-electron chi connectivity index (χ2n) is 6.45. The SMILES string of the molecule is Cc1cc(Nc2nc(-c3cccnc3)nc3ccc(OC(F)(F)F)cc23)ccc1F. The molecule has 0 aliphatic carbocycles. The first-order valence-corrected chi connectivity index (χ1v) is 8.80. The number of ether oxygens (including phenoxy) is 1. The van der Waals surface area contributed by atoms with Crippen molar-refractivity contribution in [3.63, 3.8) is 0 Å². The highest BCUT2D eigenvalue weighted by atomic mass is 19.4. The van der Waals surface area contributed by atoms with E-state index in [1.165, 1.54) is 30.3 Å². The summed E-state index contributed by atoms with van der Waals surface area (Å²) in [7, 11) is 0. The molecule has 0 amide bonds. The lowest BCUT2D eigenvalue weighted by Crippen LogP contribution is -2.17. The highest BCUT2D eigenvalue weighted by Crippen LogP contribution is 2.32. The number of aromatic nitrogens is 3. The smallest absolute Gasteiger partial charge is 0.406 e. The third-order valence-corrected chi connectivity index (χ3v) is 4.24. The van der Waals surface area contributed by atoms with Crippen LogP contribution < -0.4 is 10.1 Å². The van der Waals surface area contributed by atoms with E-state index in [0.29, 0.717) is 33.5 Å². The van der Waals surface area contributed by atoms with E-state index in [4.69, 9.17) is 0 Å². The second-order valence-corrected chi connectivity index (χ2v) is 6.45. The Morgan fingerprint density at radius 1 is 1.00 bits per heavy atom. The van der Waals surface area contributed by atoms with Gasteiger partial charge in [0.2, 0.25) is 0 Å². The minimum atomic E-state index is -4.83. The quantitative estimate of drug-likeness (QED) is 0.429. The van der Waals surface area contributed by atoms with Crippen molar-refractivity contribution in [3.05, 3.63) is 72.3 Å². The number of pyridine rings is 1. The summed E-state index contributed by atoms with van der Waals surface area (Å²) in [5, 5.41) is 3.35. The highest BCUT2D eigenvalue weighted by Gasteiger charge is 2.31. The zero-order valence-corrected chi connectivity index (χ0v) is 15.5. The fourth-order valence-corrected chi connectivity index (χ4v) is 2.88. The molecule has 0 unspecified atom stereocenters. The largest absolute Gasteiger partial charge is 0.573 e. The number of hydrogen-bond acceptors (Lipinski definition) is 5. The average molecular weight is 414 g/mol. The number of fused-ring (bicyclic) bond motifs is 1. The lowest BCUT2D eigenvalue weighted by Gasteiger charge is -2.14. The molecule has 0 spiro atoms. The Balaban J connectivity index is 1.85.